The van der Waals surface area contributed by atoms with Gasteiger partial charge in [-0.2, -0.15) is 5.10 Å². The molecule has 0 spiro atoms. The highest BCUT2D eigenvalue weighted by atomic mass is 32.2. The van der Waals surface area contributed by atoms with E-state index in [1.807, 2.05) is 19.1 Å². The summed E-state index contributed by atoms with van der Waals surface area (Å²) in [5.74, 6) is 1.38. The van der Waals surface area contributed by atoms with Gasteiger partial charge >= 0.3 is 5.97 Å². The number of carboxylic acid groups (broad SMARTS) is 1. The van der Waals surface area contributed by atoms with Gasteiger partial charge < -0.3 is 15.3 Å². The molecule has 3 aromatic rings. The van der Waals surface area contributed by atoms with Crippen LogP contribution in [0, 0.1) is 6.92 Å². The summed E-state index contributed by atoms with van der Waals surface area (Å²) in [6.07, 6.45) is 1.16. The molecule has 0 unspecified atom stereocenters. The first-order valence-corrected chi connectivity index (χ1v) is 9.33. The van der Waals surface area contributed by atoms with Gasteiger partial charge in [0.1, 0.15) is 17.5 Å². The Balaban J connectivity index is 1.60. The highest BCUT2D eigenvalue weighted by molar-refractivity contribution is 7.99. The van der Waals surface area contributed by atoms with Gasteiger partial charge in [-0.15, -0.1) is 0 Å². The SMILES string of the molecule is Cc1cc(Nc2cc(N3CCC3)nc(Sc3ccc(C(=O)O)cc3)n2)[nH]n1. The third-order valence-corrected chi connectivity index (χ3v) is 5.02. The molecule has 8 nitrogen and oxygen atoms in total. The summed E-state index contributed by atoms with van der Waals surface area (Å²) in [5.41, 5.74) is 1.15. The first kappa shape index (κ1) is 17.3. The van der Waals surface area contributed by atoms with Crippen LogP contribution >= 0.6 is 11.8 Å². The summed E-state index contributed by atoms with van der Waals surface area (Å²) in [5, 5.41) is 19.9. The van der Waals surface area contributed by atoms with E-state index in [1.54, 1.807) is 24.3 Å². The van der Waals surface area contributed by atoms with Crippen LogP contribution < -0.4 is 10.2 Å². The number of aryl methyl sites for hydroxylation is 1. The maximum atomic E-state index is 11.0. The van der Waals surface area contributed by atoms with E-state index in [4.69, 9.17) is 5.11 Å². The minimum atomic E-state index is -0.941. The van der Waals surface area contributed by atoms with Crippen LogP contribution in [0.5, 0.6) is 0 Å². The van der Waals surface area contributed by atoms with E-state index in [0.29, 0.717) is 11.0 Å². The zero-order valence-corrected chi connectivity index (χ0v) is 15.5. The molecule has 0 amide bonds. The Bertz CT molecular complexity index is 968. The second-order valence-electron chi connectivity index (χ2n) is 6.21. The highest BCUT2D eigenvalue weighted by Crippen LogP contribution is 2.30. The van der Waals surface area contributed by atoms with Gasteiger partial charge in [0.2, 0.25) is 0 Å². The number of benzene rings is 1. The predicted octanol–water partition coefficient (Wildman–Crippen LogP) is 3.31. The van der Waals surface area contributed by atoms with Gasteiger partial charge in [-0.3, -0.25) is 5.10 Å². The molecule has 4 rings (SSSR count). The number of rotatable bonds is 6. The van der Waals surface area contributed by atoms with Crippen molar-refractivity contribution in [1.29, 1.82) is 0 Å². The molecule has 3 heterocycles. The Kier molecular flexibility index (Phi) is 4.68. The molecule has 0 aliphatic carbocycles. The molecule has 1 aliphatic rings. The van der Waals surface area contributed by atoms with Gasteiger partial charge in [0.05, 0.1) is 11.3 Å². The van der Waals surface area contributed by atoms with Crippen molar-refractivity contribution in [3.05, 3.63) is 47.7 Å². The maximum Gasteiger partial charge on any atom is 0.335 e. The lowest BCUT2D eigenvalue weighted by Gasteiger charge is -2.32. The fraction of sp³-hybridized carbons (Fsp3) is 0.222. The smallest absolute Gasteiger partial charge is 0.335 e. The summed E-state index contributed by atoms with van der Waals surface area (Å²) in [6, 6.07) is 10.5. The van der Waals surface area contributed by atoms with Crippen molar-refractivity contribution < 1.29 is 9.90 Å². The van der Waals surface area contributed by atoms with Gasteiger partial charge in [-0.05, 0) is 49.4 Å². The third kappa shape index (κ3) is 4.03. The minimum Gasteiger partial charge on any atom is -0.478 e. The molecule has 3 N–H and O–H groups in total. The third-order valence-electron chi connectivity index (χ3n) is 4.15. The zero-order chi connectivity index (χ0) is 18.8. The van der Waals surface area contributed by atoms with Crippen molar-refractivity contribution in [2.75, 3.05) is 23.3 Å². The maximum absolute atomic E-state index is 11.0. The van der Waals surface area contributed by atoms with Gasteiger partial charge in [0.15, 0.2) is 5.16 Å². The first-order chi connectivity index (χ1) is 13.1. The van der Waals surface area contributed by atoms with Crippen molar-refractivity contribution in [1.82, 2.24) is 20.2 Å². The average Bonchev–Trinajstić information content (AvgIpc) is 2.98. The van der Waals surface area contributed by atoms with Crippen LogP contribution in [0.4, 0.5) is 17.5 Å². The van der Waals surface area contributed by atoms with Crippen LogP contribution in [0.2, 0.25) is 0 Å². The zero-order valence-electron chi connectivity index (χ0n) is 14.6. The Morgan fingerprint density at radius 3 is 2.59 bits per heavy atom. The summed E-state index contributed by atoms with van der Waals surface area (Å²) < 4.78 is 0. The monoisotopic (exact) mass is 382 g/mol. The molecule has 0 atom stereocenters. The minimum absolute atomic E-state index is 0.256. The molecule has 1 saturated heterocycles. The van der Waals surface area contributed by atoms with E-state index in [0.717, 1.165) is 41.7 Å². The van der Waals surface area contributed by atoms with Crippen LogP contribution in [0.1, 0.15) is 22.5 Å². The number of hydrogen-bond acceptors (Lipinski definition) is 7. The molecular formula is C18H18N6O2S. The second kappa shape index (κ2) is 7.28. The quantitative estimate of drug-likeness (QED) is 0.558. The van der Waals surface area contributed by atoms with Crippen LogP contribution in [0.15, 0.2) is 46.5 Å². The lowest BCUT2D eigenvalue weighted by atomic mass is 10.2. The molecular weight excluding hydrogens is 364 g/mol. The van der Waals surface area contributed by atoms with E-state index in [2.05, 4.69) is 30.4 Å². The Hall–Kier alpha value is -3.07. The molecule has 0 radical (unpaired) electrons. The van der Waals surface area contributed by atoms with Crippen LogP contribution in [-0.2, 0) is 0 Å². The standard InChI is InChI=1S/C18H18N6O2S/c1-11-9-15(23-22-11)19-14-10-16(24-7-2-8-24)21-18(20-14)27-13-5-3-12(4-6-13)17(25)26/h3-6,9-10H,2,7-8H2,1H3,(H,25,26)(H2,19,20,21,22,23). The van der Waals surface area contributed by atoms with Crippen molar-refractivity contribution in [3.8, 4) is 0 Å². The molecule has 9 heteroatoms. The molecule has 0 saturated carbocycles. The van der Waals surface area contributed by atoms with Gasteiger partial charge in [-0.25, -0.2) is 14.8 Å². The molecule has 1 aromatic carbocycles. The number of carboxylic acids is 1. The topological polar surface area (TPSA) is 107 Å². The second-order valence-corrected chi connectivity index (χ2v) is 7.25. The van der Waals surface area contributed by atoms with Gasteiger partial charge in [0.25, 0.3) is 0 Å². The van der Waals surface area contributed by atoms with Crippen LogP contribution in [0.3, 0.4) is 0 Å². The number of nitrogens with zero attached hydrogens (tertiary/aromatic N) is 4. The number of H-pyrrole nitrogens is 1. The number of aromatic carboxylic acids is 1. The number of anilines is 3. The van der Waals surface area contributed by atoms with Crippen molar-refractivity contribution >= 4 is 35.2 Å². The Labute approximate surface area is 160 Å². The first-order valence-electron chi connectivity index (χ1n) is 8.51. The van der Waals surface area contributed by atoms with Gasteiger partial charge in [-0.1, -0.05) is 0 Å². The molecule has 1 fully saturated rings. The van der Waals surface area contributed by atoms with Gasteiger partial charge in [0, 0.05) is 30.1 Å². The lowest BCUT2D eigenvalue weighted by molar-refractivity contribution is 0.0697. The largest absolute Gasteiger partial charge is 0.478 e. The molecule has 1 aliphatic heterocycles. The summed E-state index contributed by atoms with van der Waals surface area (Å²) in [7, 11) is 0. The Morgan fingerprint density at radius 1 is 1.22 bits per heavy atom. The molecule has 0 bridgehead atoms. The van der Waals surface area contributed by atoms with E-state index in [-0.39, 0.29) is 5.56 Å². The van der Waals surface area contributed by atoms with Crippen molar-refractivity contribution in [2.24, 2.45) is 0 Å². The number of hydrogen-bond donors (Lipinski definition) is 3. The van der Waals surface area contributed by atoms with Crippen LogP contribution in [0.25, 0.3) is 0 Å². The Morgan fingerprint density at radius 2 is 2.00 bits per heavy atom. The average molecular weight is 382 g/mol. The van der Waals surface area contributed by atoms with Crippen LogP contribution in [-0.4, -0.2) is 44.3 Å². The normalized spacial score (nSPS) is 13.3. The number of nitrogens with one attached hydrogen (secondary N) is 2. The van der Waals surface area contributed by atoms with E-state index in [9.17, 15) is 4.79 Å². The number of aromatic amines is 1. The summed E-state index contributed by atoms with van der Waals surface area (Å²) in [6.45, 7) is 3.88. The molecule has 138 valence electrons. The molecule has 2 aromatic heterocycles. The molecule has 27 heavy (non-hydrogen) atoms. The van der Waals surface area contributed by atoms with Crippen molar-refractivity contribution in [3.63, 3.8) is 0 Å². The number of aromatic nitrogens is 4. The predicted molar refractivity (Wildman–Crippen MR) is 103 cm³/mol. The van der Waals surface area contributed by atoms with Crippen molar-refractivity contribution in [2.45, 2.75) is 23.4 Å². The summed E-state index contributed by atoms with van der Waals surface area (Å²) in [4.78, 5) is 23.3. The fourth-order valence-electron chi connectivity index (χ4n) is 2.62. The fourth-order valence-corrected chi connectivity index (χ4v) is 3.39. The number of carbonyl (C=O) groups is 1. The van der Waals surface area contributed by atoms with E-state index in [1.165, 1.54) is 11.8 Å². The van der Waals surface area contributed by atoms with E-state index < -0.39 is 5.97 Å². The highest BCUT2D eigenvalue weighted by Gasteiger charge is 2.18. The van der Waals surface area contributed by atoms with E-state index >= 15 is 0 Å². The summed E-state index contributed by atoms with van der Waals surface area (Å²) >= 11 is 1.40. The lowest BCUT2D eigenvalue weighted by Crippen LogP contribution is -2.37.